The molecule has 0 N–H and O–H groups in total. The lowest BCUT2D eigenvalue weighted by Crippen LogP contribution is -2.19. The van der Waals surface area contributed by atoms with Gasteiger partial charge in [0.25, 0.3) is 0 Å². The first kappa shape index (κ1) is 31.7. The van der Waals surface area contributed by atoms with Gasteiger partial charge in [0.1, 0.15) is 0 Å². The Balaban J connectivity index is 2.10. The highest BCUT2D eigenvalue weighted by molar-refractivity contribution is 5.13. The maximum atomic E-state index is 6.12. The smallest absolute Gasteiger partial charge is 0.188 e. The van der Waals surface area contributed by atoms with E-state index in [1.807, 2.05) is 18.2 Å². The lowest BCUT2D eigenvalue weighted by atomic mass is 10.1. The molecule has 0 fully saturated rings. The summed E-state index contributed by atoms with van der Waals surface area (Å²) in [5.41, 5.74) is 1.16. The van der Waals surface area contributed by atoms with Gasteiger partial charge < -0.3 is 18.9 Å². The summed E-state index contributed by atoms with van der Waals surface area (Å²) < 4.78 is 23.2. The van der Waals surface area contributed by atoms with E-state index >= 15 is 0 Å². The number of hydrogen-bond acceptors (Lipinski definition) is 4. The zero-order chi connectivity index (χ0) is 25.1. The van der Waals surface area contributed by atoms with E-state index in [4.69, 9.17) is 18.9 Å². The minimum atomic E-state index is -0.0482. The van der Waals surface area contributed by atoms with Gasteiger partial charge in [-0.25, -0.2) is 0 Å². The van der Waals surface area contributed by atoms with Crippen molar-refractivity contribution in [3.05, 3.63) is 48.2 Å². The number of ether oxygens (including phenoxy) is 4. The summed E-state index contributed by atoms with van der Waals surface area (Å²) in [6, 6.07) is 10.1. The van der Waals surface area contributed by atoms with Crippen LogP contribution in [0.15, 0.2) is 42.7 Å². The highest BCUT2D eigenvalue weighted by Gasteiger charge is 2.09. The molecule has 0 aromatic heterocycles. The molecule has 0 aliphatic carbocycles. The van der Waals surface area contributed by atoms with E-state index in [1.165, 1.54) is 64.2 Å². The molecule has 0 aliphatic rings. The van der Waals surface area contributed by atoms with E-state index in [2.05, 4.69) is 32.1 Å². The Morgan fingerprint density at radius 2 is 1.29 bits per heavy atom. The predicted octanol–water partition coefficient (Wildman–Crippen LogP) is 9.33. The molecule has 4 heteroatoms. The van der Waals surface area contributed by atoms with Crippen LogP contribution in [0.25, 0.3) is 0 Å². The summed E-state index contributed by atoms with van der Waals surface area (Å²) in [4.78, 5) is 0. The Bertz CT molecular complexity index is 542. The number of allylic oxidation sites excluding steroid dienone is 1. The van der Waals surface area contributed by atoms with Crippen LogP contribution in [-0.2, 0) is 25.6 Å². The van der Waals surface area contributed by atoms with Crippen LogP contribution in [0.3, 0.4) is 0 Å². The van der Waals surface area contributed by atoms with E-state index in [0.717, 1.165) is 57.3 Å². The van der Waals surface area contributed by atoms with Gasteiger partial charge in [-0.05, 0) is 50.2 Å². The van der Waals surface area contributed by atoms with Crippen molar-refractivity contribution in [3.63, 3.8) is 0 Å². The Morgan fingerprint density at radius 3 is 1.91 bits per heavy atom. The fourth-order valence-electron chi connectivity index (χ4n) is 3.94. The lowest BCUT2D eigenvalue weighted by molar-refractivity contribution is -0.148. The SMILES string of the molecule is CCCCCCCCOC(CCCCC=COCOCc1ccccc1)OCCCCCCCC. The summed E-state index contributed by atoms with van der Waals surface area (Å²) in [5.74, 6) is 0. The molecule has 0 aliphatic heterocycles. The second-order valence-corrected chi connectivity index (χ2v) is 9.48. The molecule has 1 aromatic rings. The topological polar surface area (TPSA) is 36.9 Å². The van der Waals surface area contributed by atoms with Gasteiger partial charge >= 0.3 is 0 Å². The molecule has 0 saturated heterocycles. The molecular formula is C31H54O4. The van der Waals surface area contributed by atoms with E-state index < -0.39 is 0 Å². The maximum absolute atomic E-state index is 6.12. The van der Waals surface area contributed by atoms with Gasteiger partial charge in [0.15, 0.2) is 13.1 Å². The van der Waals surface area contributed by atoms with Gasteiger partial charge in [-0.1, -0.05) is 108 Å². The van der Waals surface area contributed by atoms with Crippen LogP contribution in [-0.4, -0.2) is 26.3 Å². The van der Waals surface area contributed by atoms with Gasteiger partial charge in [-0.15, -0.1) is 0 Å². The lowest BCUT2D eigenvalue weighted by Gasteiger charge is -2.19. The van der Waals surface area contributed by atoms with Gasteiger partial charge in [-0.2, -0.15) is 0 Å². The highest BCUT2D eigenvalue weighted by atomic mass is 16.7. The molecule has 0 spiro atoms. The van der Waals surface area contributed by atoms with Crippen LogP contribution in [0.1, 0.15) is 122 Å². The molecule has 0 radical (unpaired) electrons. The third-order valence-corrected chi connectivity index (χ3v) is 6.12. The average Bonchev–Trinajstić information content (AvgIpc) is 2.88. The minimum Gasteiger partial charge on any atom is -0.475 e. The fourth-order valence-corrected chi connectivity index (χ4v) is 3.94. The zero-order valence-corrected chi connectivity index (χ0v) is 22.9. The molecule has 4 nitrogen and oxygen atoms in total. The molecule has 1 aromatic carbocycles. The van der Waals surface area contributed by atoms with Crippen molar-refractivity contribution in [1.82, 2.24) is 0 Å². The third-order valence-electron chi connectivity index (χ3n) is 6.12. The summed E-state index contributed by atoms with van der Waals surface area (Å²) in [7, 11) is 0. The second kappa shape index (κ2) is 25.7. The normalized spacial score (nSPS) is 11.6. The number of hydrogen-bond donors (Lipinski definition) is 0. The molecule has 202 valence electrons. The van der Waals surface area contributed by atoms with Gasteiger partial charge in [0.2, 0.25) is 0 Å². The van der Waals surface area contributed by atoms with Crippen LogP contribution in [0, 0.1) is 0 Å². The second-order valence-electron chi connectivity index (χ2n) is 9.48. The largest absolute Gasteiger partial charge is 0.475 e. The molecule has 35 heavy (non-hydrogen) atoms. The van der Waals surface area contributed by atoms with Crippen LogP contribution in [0.5, 0.6) is 0 Å². The predicted molar refractivity (Wildman–Crippen MR) is 147 cm³/mol. The van der Waals surface area contributed by atoms with Crippen molar-refractivity contribution < 1.29 is 18.9 Å². The van der Waals surface area contributed by atoms with Crippen LogP contribution in [0.4, 0.5) is 0 Å². The average molecular weight is 491 g/mol. The van der Waals surface area contributed by atoms with Crippen LogP contribution >= 0.6 is 0 Å². The van der Waals surface area contributed by atoms with Gasteiger partial charge in [-0.3, -0.25) is 0 Å². The van der Waals surface area contributed by atoms with Crippen molar-refractivity contribution in [2.24, 2.45) is 0 Å². The summed E-state index contributed by atoms with van der Waals surface area (Å²) in [6.45, 7) is 7.03. The van der Waals surface area contributed by atoms with Crippen molar-refractivity contribution >= 4 is 0 Å². The quantitative estimate of drug-likeness (QED) is 0.0736. The number of unbranched alkanes of at least 4 members (excludes halogenated alkanes) is 12. The molecule has 0 heterocycles. The van der Waals surface area contributed by atoms with Crippen molar-refractivity contribution in [2.75, 3.05) is 20.0 Å². The van der Waals surface area contributed by atoms with Crippen molar-refractivity contribution in [3.8, 4) is 0 Å². The highest BCUT2D eigenvalue weighted by Crippen LogP contribution is 2.13. The maximum Gasteiger partial charge on any atom is 0.188 e. The third kappa shape index (κ3) is 21.6. The first-order chi connectivity index (χ1) is 17.4. The minimum absolute atomic E-state index is 0.0482. The standard InChI is InChI=1S/C31H54O4/c1-3-5-7-9-12-20-26-34-31(35-27-21-13-10-8-6-4-2)24-18-11-14-19-25-32-29-33-28-30-22-16-15-17-23-30/h15-17,19,22-23,25,31H,3-14,18,20-21,24,26-29H2,1-2H3. The molecule has 0 saturated carbocycles. The van der Waals surface area contributed by atoms with Crippen molar-refractivity contribution in [1.29, 1.82) is 0 Å². The summed E-state index contributed by atoms with van der Waals surface area (Å²) >= 11 is 0. The Labute approximate surface area is 216 Å². The molecule has 1 rings (SSSR count). The first-order valence-corrected chi connectivity index (χ1v) is 14.5. The Kier molecular flexibility index (Phi) is 23.3. The molecule has 0 unspecified atom stereocenters. The first-order valence-electron chi connectivity index (χ1n) is 14.5. The molecule has 0 amide bonds. The Hall–Kier alpha value is -1.36. The van der Waals surface area contributed by atoms with Gasteiger partial charge in [0, 0.05) is 13.2 Å². The number of benzene rings is 1. The molecular weight excluding hydrogens is 436 g/mol. The Morgan fingerprint density at radius 1 is 0.686 bits per heavy atom. The van der Waals surface area contributed by atoms with E-state index in [9.17, 15) is 0 Å². The molecule has 0 bridgehead atoms. The summed E-state index contributed by atoms with van der Waals surface area (Å²) in [5, 5.41) is 0. The fraction of sp³-hybridized carbons (Fsp3) is 0.742. The van der Waals surface area contributed by atoms with Crippen LogP contribution < -0.4 is 0 Å². The zero-order valence-electron chi connectivity index (χ0n) is 22.9. The summed E-state index contributed by atoms with van der Waals surface area (Å²) in [6.07, 6.45) is 23.5. The number of rotatable bonds is 26. The van der Waals surface area contributed by atoms with Crippen LogP contribution in [0.2, 0.25) is 0 Å². The monoisotopic (exact) mass is 490 g/mol. The molecule has 0 atom stereocenters. The van der Waals surface area contributed by atoms with E-state index in [-0.39, 0.29) is 13.1 Å². The van der Waals surface area contributed by atoms with Gasteiger partial charge in [0.05, 0.1) is 12.9 Å². The van der Waals surface area contributed by atoms with E-state index in [0.29, 0.717) is 6.61 Å². The van der Waals surface area contributed by atoms with Crippen molar-refractivity contribution in [2.45, 2.75) is 129 Å². The van der Waals surface area contributed by atoms with E-state index in [1.54, 1.807) is 6.26 Å².